The van der Waals surface area contributed by atoms with E-state index in [1.54, 1.807) is 12.1 Å². The molecule has 4 nitrogen and oxygen atoms in total. The van der Waals surface area contributed by atoms with Gasteiger partial charge in [-0.3, -0.25) is 0 Å². The maximum Gasteiger partial charge on any atom is 0.178 e. The fourth-order valence-electron chi connectivity index (χ4n) is 1.70. The van der Waals surface area contributed by atoms with Gasteiger partial charge in [0.15, 0.2) is 5.65 Å². The number of nitrogens with two attached hydrogens (primary N) is 1. The third-order valence-electron chi connectivity index (χ3n) is 2.46. The molecule has 0 atom stereocenters. The highest BCUT2D eigenvalue weighted by Crippen LogP contribution is 2.21. The van der Waals surface area contributed by atoms with Crippen molar-refractivity contribution in [1.29, 1.82) is 0 Å². The van der Waals surface area contributed by atoms with Crippen LogP contribution in [-0.4, -0.2) is 15.0 Å². The molecule has 0 saturated heterocycles. The molecule has 0 amide bonds. The van der Waals surface area contributed by atoms with Crippen LogP contribution in [0.4, 0.5) is 10.1 Å². The van der Waals surface area contributed by atoms with Crippen molar-refractivity contribution in [3.8, 4) is 11.4 Å². The van der Waals surface area contributed by atoms with Gasteiger partial charge in [-0.25, -0.2) is 14.4 Å². The first-order valence-electron chi connectivity index (χ1n) is 5.09. The summed E-state index contributed by atoms with van der Waals surface area (Å²) in [6.07, 6.45) is 1.15. The van der Waals surface area contributed by atoms with Gasteiger partial charge < -0.3 is 10.7 Å². The summed E-state index contributed by atoms with van der Waals surface area (Å²) >= 11 is 0. The van der Waals surface area contributed by atoms with E-state index in [4.69, 9.17) is 5.73 Å². The number of benzene rings is 1. The summed E-state index contributed by atoms with van der Waals surface area (Å²) in [7, 11) is 0. The van der Waals surface area contributed by atoms with Crippen molar-refractivity contribution in [1.82, 2.24) is 15.0 Å². The average Bonchev–Trinajstić information content (AvgIpc) is 2.72. The molecule has 84 valence electrons. The van der Waals surface area contributed by atoms with Crippen LogP contribution in [0.15, 0.2) is 36.5 Å². The number of nitrogen functional groups attached to an aromatic ring is 1. The maximum absolute atomic E-state index is 13.0. The largest absolute Gasteiger partial charge is 0.399 e. The van der Waals surface area contributed by atoms with Gasteiger partial charge >= 0.3 is 0 Å². The van der Waals surface area contributed by atoms with Crippen LogP contribution >= 0.6 is 0 Å². The molecule has 0 fully saturated rings. The van der Waals surface area contributed by atoms with Gasteiger partial charge in [0.1, 0.15) is 11.6 Å². The number of anilines is 1. The van der Waals surface area contributed by atoms with Gasteiger partial charge in [-0.1, -0.05) is 12.1 Å². The molecule has 0 aliphatic rings. The van der Waals surface area contributed by atoms with E-state index in [9.17, 15) is 4.39 Å². The van der Waals surface area contributed by atoms with Gasteiger partial charge in [0, 0.05) is 17.3 Å². The van der Waals surface area contributed by atoms with E-state index in [0.29, 0.717) is 22.7 Å². The number of halogens is 1. The Morgan fingerprint density at radius 1 is 1.24 bits per heavy atom. The smallest absolute Gasteiger partial charge is 0.178 e. The van der Waals surface area contributed by atoms with E-state index >= 15 is 0 Å². The van der Waals surface area contributed by atoms with Crippen molar-refractivity contribution in [2.24, 2.45) is 0 Å². The molecule has 3 rings (SSSR count). The molecule has 0 spiro atoms. The Morgan fingerprint density at radius 2 is 2.12 bits per heavy atom. The van der Waals surface area contributed by atoms with Crippen LogP contribution in [0.25, 0.3) is 22.6 Å². The van der Waals surface area contributed by atoms with Crippen molar-refractivity contribution >= 4 is 16.9 Å². The molecule has 0 unspecified atom stereocenters. The van der Waals surface area contributed by atoms with E-state index in [2.05, 4.69) is 15.0 Å². The summed E-state index contributed by atoms with van der Waals surface area (Å²) < 4.78 is 13.0. The van der Waals surface area contributed by atoms with Gasteiger partial charge in [-0.2, -0.15) is 0 Å². The second kappa shape index (κ2) is 3.55. The first kappa shape index (κ1) is 9.77. The molecule has 17 heavy (non-hydrogen) atoms. The lowest BCUT2D eigenvalue weighted by molar-refractivity contribution is 0.624. The van der Waals surface area contributed by atoms with Crippen molar-refractivity contribution in [3.63, 3.8) is 0 Å². The van der Waals surface area contributed by atoms with E-state index < -0.39 is 0 Å². The molecule has 0 aliphatic carbocycles. The van der Waals surface area contributed by atoms with Crippen LogP contribution < -0.4 is 5.73 Å². The van der Waals surface area contributed by atoms with Crippen molar-refractivity contribution in [2.75, 3.05) is 5.73 Å². The summed E-state index contributed by atoms with van der Waals surface area (Å²) in [6.45, 7) is 0. The van der Waals surface area contributed by atoms with Gasteiger partial charge in [0.2, 0.25) is 0 Å². The third kappa shape index (κ3) is 1.71. The van der Waals surface area contributed by atoms with E-state index in [0.717, 1.165) is 11.8 Å². The predicted molar refractivity (Wildman–Crippen MR) is 63.7 cm³/mol. The molecule has 3 aromatic rings. The Labute approximate surface area is 96.3 Å². The normalized spacial score (nSPS) is 10.9. The first-order valence-corrected chi connectivity index (χ1v) is 5.09. The zero-order valence-corrected chi connectivity index (χ0v) is 8.81. The Balaban J connectivity index is 2.18. The molecule has 3 N–H and O–H groups in total. The predicted octanol–water partition coefficient (Wildman–Crippen LogP) is 2.35. The zero-order valence-electron chi connectivity index (χ0n) is 8.81. The number of fused-ring (bicyclic) bond motifs is 1. The van der Waals surface area contributed by atoms with Crippen molar-refractivity contribution in [3.05, 3.63) is 42.3 Å². The molecule has 0 bridgehead atoms. The van der Waals surface area contributed by atoms with E-state index in [1.165, 1.54) is 6.07 Å². The summed E-state index contributed by atoms with van der Waals surface area (Å²) in [6, 6.07) is 8.68. The Bertz CT molecular complexity index is 690. The van der Waals surface area contributed by atoms with E-state index in [-0.39, 0.29) is 5.82 Å². The lowest BCUT2D eigenvalue weighted by Gasteiger charge is -1.97. The number of hydrogen-bond donors (Lipinski definition) is 2. The Hall–Kier alpha value is -2.43. The van der Waals surface area contributed by atoms with Crippen LogP contribution in [0.2, 0.25) is 0 Å². The highest BCUT2D eigenvalue weighted by molar-refractivity contribution is 5.76. The van der Waals surface area contributed by atoms with Crippen LogP contribution in [0, 0.1) is 5.82 Å². The standard InChI is InChI=1S/C12H9FN4/c13-8-5-10-12(15-6-8)17-11(16-10)7-2-1-3-9(14)4-7/h1-6H,14H2,(H,15,16,17). The number of imidazole rings is 1. The second-order valence-corrected chi connectivity index (χ2v) is 3.74. The molecule has 2 aromatic heterocycles. The summed E-state index contributed by atoms with van der Waals surface area (Å²) in [4.78, 5) is 11.2. The topological polar surface area (TPSA) is 67.6 Å². The number of nitrogens with one attached hydrogen (secondary N) is 1. The summed E-state index contributed by atoms with van der Waals surface area (Å²) in [5.41, 5.74) is 8.26. The second-order valence-electron chi connectivity index (χ2n) is 3.74. The minimum Gasteiger partial charge on any atom is -0.399 e. The number of pyridine rings is 1. The van der Waals surface area contributed by atoms with E-state index in [1.807, 2.05) is 12.1 Å². The molecular weight excluding hydrogens is 219 g/mol. The third-order valence-corrected chi connectivity index (χ3v) is 2.46. The Morgan fingerprint density at radius 3 is 2.94 bits per heavy atom. The molecule has 2 heterocycles. The van der Waals surface area contributed by atoms with Gasteiger partial charge in [-0.05, 0) is 12.1 Å². The number of aromatic amines is 1. The van der Waals surface area contributed by atoms with Crippen molar-refractivity contribution < 1.29 is 4.39 Å². The lowest BCUT2D eigenvalue weighted by atomic mass is 10.2. The molecular formula is C12H9FN4. The fraction of sp³-hybridized carbons (Fsp3) is 0. The number of rotatable bonds is 1. The minimum atomic E-state index is -0.389. The highest BCUT2D eigenvalue weighted by Gasteiger charge is 2.07. The Kier molecular flexibility index (Phi) is 2.04. The van der Waals surface area contributed by atoms with Gasteiger partial charge in [0.05, 0.1) is 11.7 Å². The molecule has 0 saturated carbocycles. The van der Waals surface area contributed by atoms with Crippen LogP contribution in [-0.2, 0) is 0 Å². The minimum absolute atomic E-state index is 0.389. The fourth-order valence-corrected chi connectivity index (χ4v) is 1.70. The van der Waals surface area contributed by atoms with Crippen molar-refractivity contribution in [2.45, 2.75) is 0 Å². The monoisotopic (exact) mass is 228 g/mol. The van der Waals surface area contributed by atoms with Crippen LogP contribution in [0.3, 0.4) is 0 Å². The SMILES string of the molecule is Nc1cccc(-c2nc3ncc(F)cc3[nH]2)c1. The molecule has 5 heteroatoms. The van der Waals surface area contributed by atoms with Gasteiger partial charge in [0.25, 0.3) is 0 Å². The quantitative estimate of drug-likeness (QED) is 0.628. The molecule has 1 aromatic carbocycles. The number of H-pyrrole nitrogens is 1. The number of nitrogens with zero attached hydrogens (tertiary/aromatic N) is 2. The van der Waals surface area contributed by atoms with Crippen LogP contribution in [0.5, 0.6) is 0 Å². The average molecular weight is 228 g/mol. The first-order chi connectivity index (χ1) is 8.22. The number of aromatic nitrogens is 3. The lowest BCUT2D eigenvalue weighted by Crippen LogP contribution is -1.86. The maximum atomic E-state index is 13.0. The highest BCUT2D eigenvalue weighted by atomic mass is 19.1. The van der Waals surface area contributed by atoms with Crippen LogP contribution in [0.1, 0.15) is 0 Å². The molecule has 0 radical (unpaired) electrons. The summed E-state index contributed by atoms with van der Waals surface area (Å²) in [5, 5.41) is 0. The molecule has 0 aliphatic heterocycles. The summed E-state index contributed by atoms with van der Waals surface area (Å²) in [5.74, 6) is 0.241. The number of hydrogen-bond acceptors (Lipinski definition) is 3. The zero-order chi connectivity index (χ0) is 11.8. The van der Waals surface area contributed by atoms with Gasteiger partial charge in [-0.15, -0.1) is 0 Å².